The Balaban J connectivity index is 1.79. The molecular formula is C20H24N4O2. The Labute approximate surface area is 152 Å². The molecule has 0 spiro atoms. The van der Waals surface area contributed by atoms with E-state index in [4.69, 9.17) is 5.11 Å². The zero-order valence-corrected chi connectivity index (χ0v) is 15.1. The Hall–Kier alpha value is -2.86. The first-order chi connectivity index (χ1) is 12.6. The third-order valence-corrected chi connectivity index (χ3v) is 4.38. The second-order valence-corrected chi connectivity index (χ2v) is 6.31. The molecule has 6 nitrogen and oxygen atoms in total. The van der Waals surface area contributed by atoms with Crippen LogP contribution in [0.4, 0.5) is 5.95 Å². The van der Waals surface area contributed by atoms with Gasteiger partial charge in [0.1, 0.15) is 6.54 Å². The summed E-state index contributed by atoms with van der Waals surface area (Å²) < 4.78 is 1.84. The van der Waals surface area contributed by atoms with Crippen molar-refractivity contribution in [3.8, 4) is 0 Å². The first-order valence-corrected chi connectivity index (χ1v) is 8.75. The molecule has 2 aromatic carbocycles. The third kappa shape index (κ3) is 3.86. The second-order valence-electron chi connectivity index (χ2n) is 6.31. The Bertz CT molecular complexity index is 904. The van der Waals surface area contributed by atoms with Crippen molar-refractivity contribution < 1.29 is 9.90 Å². The number of carbonyl (C=O) groups is 1. The number of benzene rings is 2. The normalized spacial score (nSPS) is 12.1. The van der Waals surface area contributed by atoms with Crippen molar-refractivity contribution in [1.29, 1.82) is 0 Å². The Morgan fingerprint density at radius 3 is 2.69 bits per heavy atom. The van der Waals surface area contributed by atoms with Gasteiger partial charge in [0.05, 0.1) is 23.7 Å². The van der Waals surface area contributed by atoms with Gasteiger partial charge in [-0.25, -0.2) is 4.98 Å². The summed E-state index contributed by atoms with van der Waals surface area (Å²) in [5.41, 5.74) is 3.95. The van der Waals surface area contributed by atoms with E-state index in [1.54, 1.807) is 0 Å². The molecule has 26 heavy (non-hydrogen) atoms. The SMILES string of the molecule is Cc1ccccc1C(C)NC(=O)Cn1c(NCCO)nc2ccccc21. The lowest BCUT2D eigenvalue weighted by atomic mass is 10.0. The summed E-state index contributed by atoms with van der Waals surface area (Å²) in [6.45, 7) is 4.56. The van der Waals surface area contributed by atoms with Crippen molar-refractivity contribution in [2.24, 2.45) is 0 Å². The highest BCUT2D eigenvalue weighted by molar-refractivity contribution is 5.83. The predicted octanol–water partition coefficient (Wildman–Crippen LogP) is 2.63. The smallest absolute Gasteiger partial charge is 0.240 e. The lowest BCUT2D eigenvalue weighted by Gasteiger charge is -2.17. The first kappa shape index (κ1) is 17.9. The molecule has 0 aliphatic heterocycles. The van der Waals surface area contributed by atoms with Crippen molar-refractivity contribution in [2.45, 2.75) is 26.4 Å². The Morgan fingerprint density at radius 2 is 1.92 bits per heavy atom. The molecule has 1 unspecified atom stereocenters. The van der Waals surface area contributed by atoms with Crippen molar-refractivity contribution in [3.05, 3.63) is 59.7 Å². The van der Waals surface area contributed by atoms with Gasteiger partial charge >= 0.3 is 0 Å². The van der Waals surface area contributed by atoms with Crippen molar-refractivity contribution >= 4 is 22.9 Å². The predicted molar refractivity (Wildman–Crippen MR) is 103 cm³/mol. The number of fused-ring (bicyclic) bond motifs is 1. The highest BCUT2D eigenvalue weighted by atomic mass is 16.3. The summed E-state index contributed by atoms with van der Waals surface area (Å²) >= 11 is 0. The monoisotopic (exact) mass is 352 g/mol. The van der Waals surface area contributed by atoms with E-state index in [1.807, 2.05) is 66.9 Å². The lowest BCUT2D eigenvalue weighted by Crippen LogP contribution is -2.31. The van der Waals surface area contributed by atoms with Crippen LogP contribution < -0.4 is 10.6 Å². The summed E-state index contributed by atoms with van der Waals surface area (Å²) in [6, 6.07) is 15.6. The van der Waals surface area contributed by atoms with E-state index in [0.717, 1.165) is 22.2 Å². The number of aliphatic hydroxyl groups is 1. The van der Waals surface area contributed by atoms with Crippen LogP contribution in [0.5, 0.6) is 0 Å². The van der Waals surface area contributed by atoms with Crippen LogP contribution in [0.1, 0.15) is 24.1 Å². The van der Waals surface area contributed by atoms with Crippen LogP contribution in [-0.4, -0.2) is 33.7 Å². The number of anilines is 1. The fourth-order valence-corrected chi connectivity index (χ4v) is 3.12. The van der Waals surface area contributed by atoms with Gasteiger partial charge in [0.15, 0.2) is 0 Å². The largest absolute Gasteiger partial charge is 0.395 e. The molecular weight excluding hydrogens is 328 g/mol. The molecule has 3 rings (SSSR count). The van der Waals surface area contributed by atoms with Crippen LogP contribution >= 0.6 is 0 Å². The van der Waals surface area contributed by atoms with Crippen LogP contribution in [0.2, 0.25) is 0 Å². The number of hydrogen-bond acceptors (Lipinski definition) is 4. The zero-order valence-electron chi connectivity index (χ0n) is 15.1. The van der Waals surface area contributed by atoms with E-state index in [1.165, 1.54) is 0 Å². The summed E-state index contributed by atoms with van der Waals surface area (Å²) in [5, 5.41) is 15.2. The van der Waals surface area contributed by atoms with Crippen LogP contribution in [0.25, 0.3) is 11.0 Å². The van der Waals surface area contributed by atoms with Gasteiger partial charge in [-0.05, 0) is 37.1 Å². The summed E-state index contributed by atoms with van der Waals surface area (Å²) in [4.78, 5) is 17.2. The topological polar surface area (TPSA) is 79.2 Å². The molecule has 1 heterocycles. The van der Waals surface area contributed by atoms with Crippen molar-refractivity contribution in [2.75, 3.05) is 18.5 Å². The third-order valence-electron chi connectivity index (χ3n) is 4.38. The first-order valence-electron chi connectivity index (χ1n) is 8.75. The number of nitrogens with zero attached hydrogens (tertiary/aromatic N) is 2. The number of aromatic nitrogens is 2. The van der Waals surface area contributed by atoms with Crippen molar-refractivity contribution in [3.63, 3.8) is 0 Å². The maximum absolute atomic E-state index is 12.6. The van der Waals surface area contributed by atoms with Gasteiger partial charge in [-0.3, -0.25) is 4.79 Å². The molecule has 0 aliphatic rings. The van der Waals surface area contributed by atoms with Gasteiger partial charge in [-0.15, -0.1) is 0 Å². The van der Waals surface area contributed by atoms with E-state index >= 15 is 0 Å². The van der Waals surface area contributed by atoms with E-state index < -0.39 is 0 Å². The van der Waals surface area contributed by atoms with Gasteiger partial charge in [-0.2, -0.15) is 0 Å². The van der Waals surface area contributed by atoms with E-state index in [9.17, 15) is 4.79 Å². The minimum atomic E-state index is -0.0871. The van der Waals surface area contributed by atoms with Crippen LogP contribution in [0, 0.1) is 6.92 Å². The number of para-hydroxylation sites is 2. The van der Waals surface area contributed by atoms with Crippen LogP contribution in [0.15, 0.2) is 48.5 Å². The molecule has 6 heteroatoms. The molecule has 1 aromatic heterocycles. The van der Waals surface area contributed by atoms with Gasteiger partial charge < -0.3 is 20.3 Å². The molecule has 0 saturated carbocycles. The molecule has 1 amide bonds. The molecule has 0 aliphatic carbocycles. The van der Waals surface area contributed by atoms with Gasteiger partial charge in [0.25, 0.3) is 0 Å². The lowest BCUT2D eigenvalue weighted by molar-refractivity contribution is -0.122. The standard InChI is InChI=1S/C20H24N4O2/c1-14-7-3-4-8-16(14)15(2)22-19(26)13-24-18-10-6-5-9-17(18)23-20(24)21-11-12-25/h3-10,15,25H,11-13H2,1-2H3,(H,21,23)(H,22,26). The van der Waals surface area contributed by atoms with E-state index in [2.05, 4.69) is 15.6 Å². The number of imidazole rings is 1. The Morgan fingerprint density at radius 1 is 1.19 bits per heavy atom. The maximum atomic E-state index is 12.6. The summed E-state index contributed by atoms with van der Waals surface area (Å²) in [5.74, 6) is 0.495. The van der Waals surface area contributed by atoms with Crippen LogP contribution in [-0.2, 0) is 11.3 Å². The van der Waals surface area contributed by atoms with Gasteiger partial charge in [0, 0.05) is 6.54 Å². The molecule has 0 radical (unpaired) electrons. The molecule has 1 atom stereocenters. The second kappa shape index (κ2) is 8.01. The average molecular weight is 352 g/mol. The number of aryl methyl sites for hydroxylation is 1. The quantitative estimate of drug-likeness (QED) is 0.611. The number of rotatable bonds is 7. The fourth-order valence-electron chi connectivity index (χ4n) is 3.12. The Kier molecular flexibility index (Phi) is 5.53. The zero-order chi connectivity index (χ0) is 18.5. The van der Waals surface area contributed by atoms with Gasteiger partial charge in [-0.1, -0.05) is 36.4 Å². The number of nitrogens with one attached hydrogen (secondary N) is 2. The fraction of sp³-hybridized carbons (Fsp3) is 0.300. The molecule has 0 saturated heterocycles. The van der Waals surface area contributed by atoms with E-state index in [-0.39, 0.29) is 25.1 Å². The molecule has 0 fully saturated rings. The molecule has 3 N–H and O–H groups in total. The molecule has 136 valence electrons. The maximum Gasteiger partial charge on any atom is 0.240 e. The van der Waals surface area contributed by atoms with Crippen molar-refractivity contribution in [1.82, 2.24) is 14.9 Å². The minimum Gasteiger partial charge on any atom is -0.395 e. The molecule has 0 bridgehead atoms. The number of aliphatic hydroxyl groups excluding tert-OH is 1. The van der Waals surface area contributed by atoms with Crippen LogP contribution in [0.3, 0.4) is 0 Å². The van der Waals surface area contributed by atoms with Gasteiger partial charge in [0.2, 0.25) is 11.9 Å². The highest BCUT2D eigenvalue weighted by Crippen LogP contribution is 2.20. The van der Waals surface area contributed by atoms with E-state index in [0.29, 0.717) is 12.5 Å². The minimum absolute atomic E-state index is 0.000278. The number of amides is 1. The summed E-state index contributed by atoms with van der Waals surface area (Å²) in [7, 11) is 0. The highest BCUT2D eigenvalue weighted by Gasteiger charge is 2.16. The average Bonchev–Trinajstić information content (AvgIpc) is 2.97. The number of carbonyl (C=O) groups excluding carboxylic acids is 1. The summed E-state index contributed by atoms with van der Waals surface area (Å²) in [6.07, 6.45) is 0. The molecule has 3 aromatic rings. The number of hydrogen-bond donors (Lipinski definition) is 3.